The van der Waals surface area contributed by atoms with Crippen molar-refractivity contribution in [2.45, 2.75) is 65.3 Å². The van der Waals surface area contributed by atoms with Crippen LogP contribution >= 0.6 is 0 Å². The summed E-state index contributed by atoms with van der Waals surface area (Å²) in [6, 6.07) is 15.3. The molecular weight excluding hydrogens is 396 g/mol. The lowest BCUT2D eigenvalue weighted by Crippen LogP contribution is -2.48. The number of ether oxygens (including phenoxy) is 1. The second-order valence-corrected chi connectivity index (χ2v) is 20.4. The number of rotatable bonds is 5. The van der Waals surface area contributed by atoms with Crippen LogP contribution in [0.25, 0.3) is 11.1 Å². The SMILES string of the molecule is COc1c(-c2ccccc2)cc(C)cc1[Si](C)(C)C1=C([Si](C)(C)C(C)(C)C)C=CC1. The van der Waals surface area contributed by atoms with E-state index in [9.17, 15) is 0 Å². The third kappa shape index (κ3) is 3.90. The van der Waals surface area contributed by atoms with E-state index in [1.807, 2.05) is 7.11 Å². The monoisotopic (exact) mass is 434 g/mol. The summed E-state index contributed by atoms with van der Waals surface area (Å²) >= 11 is 0. The van der Waals surface area contributed by atoms with Crippen molar-refractivity contribution in [1.82, 2.24) is 0 Å². The molecule has 160 valence electrons. The highest BCUT2D eigenvalue weighted by atomic mass is 28.3. The van der Waals surface area contributed by atoms with Crippen molar-refractivity contribution in [3.63, 3.8) is 0 Å². The van der Waals surface area contributed by atoms with Gasteiger partial charge in [-0.2, -0.15) is 0 Å². The lowest BCUT2D eigenvalue weighted by atomic mass is 10.0. The molecule has 3 heteroatoms. The standard InChI is InChI=1S/C27H38OSi2/c1-20-18-22(21-14-11-10-12-15-21)26(28-5)25(19-20)29(6,7)23-16-13-17-24(23)30(8,9)27(2,3)4/h10-15,17-19H,16H2,1-9H3. The Labute approximate surface area is 185 Å². The van der Waals surface area contributed by atoms with Crippen molar-refractivity contribution in [2.75, 3.05) is 7.11 Å². The quantitative estimate of drug-likeness (QED) is 0.445. The van der Waals surface area contributed by atoms with Crippen molar-refractivity contribution in [2.24, 2.45) is 0 Å². The summed E-state index contributed by atoms with van der Waals surface area (Å²) in [7, 11) is -1.71. The maximum absolute atomic E-state index is 6.12. The van der Waals surface area contributed by atoms with Crippen LogP contribution in [0.1, 0.15) is 32.8 Å². The number of allylic oxidation sites excluding steroid dienone is 4. The van der Waals surface area contributed by atoms with Gasteiger partial charge in [0.25, 0.3) is 0 Å². The summed E-state index contributed by atoms with van der Waals surface area (Å²) in [6.45, 7) is 19.6. The molecule has 1 aliphatic rings. The van der Waals surface area contributed by atoms with Crippen LogP contribution in [0.4, 0.5) is 0 Å². The molecule has 30 heavy (non-hydrogen) atoms. The highest BCUT2D eigenvalue weighted by Gasteiger charge is 2.44. The molecule has 0 fully saturated rings. The molecule has 0 saturated heterocycles. The number of aryl methyl sites for hydroxylation is 1. The fourth-order valence-electron chi connectivity index (χ4n) is 4.54. The first-order valence-electron chi connectivity index (χ1n) is 11.1. The van der Waals surface area contributed by atoms with E-state index in [2.05, 4.69) is 108 Å². The van der Waals surface area contributed by atoms with E-state index in [1.54, 1.807) is 10.4 Å². The van der Waals surface area contributed by atoms with Crippen LogP contribution in [0.2, 0.25) is 31.2 Å². The van der Waals surface area contributed by atoms with Gasteiger partial charge in [-0.1, -0.05) is 111 Å². The molecule has 0 bridgehead atoms. The Morgan fingerprint density at radius 1 is 0.933 bits per heavy atom. The first-order valence-corrected chi connectivity index (χ1v) is 17.1. The molecule has 3 rings (SSSR count). The molecule has 1 aliphatic carbocycles. The second-order valence-electron chi connectivity index (χ2n) is 10.8. The third-order valence-electron chi connectivity index (χ3n) is 7.43. The lowest BCUT2D eigenvalue weighted by Gasteiger charge is -2.41. The van der Waals surface area contributed by atoms with Gasteiger partial charge >= 0.3 is 0 Å². The van der Waals surface area contributed by atoms with Gasteiger partial charge in [-0.05, 0) is 35.2 Å². The van der Waals surface area contributed by atoms with Gasteiger partial charge in [0.15, 0.2) is 0 Å². The minimum absolute atomic E-state index is 0.332. The molecule has 1 nitrogen and oxygen atoms in total. The molecule has 0 aromatic heterocycles. The Hall–Kier alpha value is -1.85. The summed E-state index contributed by atoms with van der Waals surface area (Å²) in [5.41, 5.74) is 3.76. The van der Waals surface area contributed by atoms with Gasteiger partial charge in [0.05, 0.1) is 15.2 Å². The smallest absolute Gasteiger partial charge is 0.126 e. The summed E-state index contributed by atoms with van der Waals surface area (Å²) in [5.74, 6) is 1.07. The molecule has 0 aliphatic heterocycles. The minimum atomic E-state index is -1.93. The van der Waals surface area contributed by atoms with E-state index in [4.69, 9.17) is 4.74 Å². The molecule has 0 spiro atoms. The molecule has 2 aromatic carbocycles. The van der Waals surface area contributed by atoms with Crippen LogP contribution in [-0.2, 0) is 0 Å². The van der Waals surface area contributed by atoms with Crippen LogP contribution in [0.3, 0.4) is 0 Å². The van der Waals surface area contributed by atoms with Crippen molar-refractivity contribution in [1.29, 1.82) is 0 Å². The normalized spacial score (nSPS) is 15.1. The average molecular weight is 435 g/mol. The van der Waals surface area contributed by atoms with Gasteiger partial charge in [0.1, 0.15) is 13.8 Å². The van der Waals surface area contributed by atoms with Crippen LogP contribution in [0, 0.1) is 6.92 Å². The van der Waals surface area contributed by atoms with Crippen LogP contribution in [0.15, 0.2) is 65.0 Å². The number of hydrogen-bond donors (Lipinski definition) is 0. The third-order valence-corrected chi connectivity index (χ3v) is 16.9. The van der Waals surface area contributed by atoms with E-state index < -0.39 is 16.1 Å². The van der Waals surface area contributed by atoms with Crippen LogP contribution < -0.4 is 9.92 Å². The van der Waals surface area contributed by atoms with Crippen molar-refractivity contribution in [3.8, 4) is 16.9 Å². The predicted octanol–water partition coefficient (Wildman–Crippen LogP) is 7.43. The Kier molecular flexibility index (Phi) is 6.10. The topological polar surface area (TPSA) is 9.23 Å². The van der Waals surface area contributed by atoms with Crippen molar-refractivity contribution in [3.05, 3.63) is 70.6 Å². The van der Waals surface area contributed by atoms with E-state index in [0.29, 0.717) is 5.04 Å². The Bertz CT molecular complexity index is 990. The number of methoxy groups -OCH3 is 1. The summed E-state index contributed by atoms with van der Waals surface area (Å²) in [5, 5.41) is 5.14. The van der Waals surface area contributed by atoms with E-state index in [-0.39, 0.29) is 0 Å². The zero-order chi connectivity index (χ0) is 22.3. The fourth-order valence-corrected chi connectivity index (χ4v) is 11.7. The van der Waals surface area contributed by atoms with Gasteiger partial charge in [-0.25, -0.2) is 0 Å². The molecule has 0 saturated carbocycles. The molecule has 0 amide bonds. The molecule has 0 atom stereocenters. The van der Waals surface area contributed by atoms with Gasteiger partial charge < -0.3 is 4.74 Å². The van der Waals surface area contributed by atoms with E-state index in [1.165, 1.54) is 21.9 Å². The summed E-state index contributed by atoms with van der Waals surface area (Å²) < 4.78 is 6.12. The zero-order valence-corrected chi connectivity index (χ0v) is 22.3. The van der Waals surface area contributed by atoms with Crippen molar-refractivity contribution < 1.29 is 4.74 Å². The molecule has 0 radical (unpaired) electrons. The molecule has 0 N–H and O–H groups in total. The highest BCUT2D eigenvalue weighted by Crippen LogP contribution is 2.46. The maximum Gasteiger partial charge on any atom is 0.126 e. The zero-order valence-electron chi connectivity index (χ0n) is 20.3. The van der Waals surface area contributed by atoms with Gasteiger partial charge in [-0.15, -0.1) is 0 Å². The predicted molar refractivity (Wildman–Crippen MR) is 138 cm³/mol. The lowest BCUT2D eigenvalue weighted by molar-refractivity contribution is 0.419. The van der Waals surface area contributed by atoms with Crippen molar-refractivity contribution >= 4 is 21.3 Å². The first-order chi connectivity index (χ1) is 13.9. The highest BCUT2D eigenvalue weighted by molar-refractivity contribution is 6.99. The summed E-state index contributed by atoms with van der Waals surface area (Å²) in [6.07, 6.45) is 5.96. The van der Waals surface area contributed by atoms with Crippen LogP contribution in [-0.4, -0.2) is 23.3 Å². The number of hydrogen-bond acceptors (Lipinski definition) is 1. The molecule has 0 unspecified atom stereocenters. The Morgan fingerprint density at radius 2 is 1.57 bits per heavy atom. The second kappa shape index (κ2) is 8.01. The van der Waals surface area contributed by atoms with E-state index >= 15 is 0 Å². The molecule has 0 heterocycles. The molecule has 2 aromatic rings. The largest absolute Gasteiger partial charge is 0.496 e. The van der Waals surface area contributed by atoms with Crippen LogP contribution in [0.5, 0.6) is 5.75 Å². The molecular formula is C27H38OSi2. The summed E-state index contributed by atoms with van der Waals surface area (Å²) in [4.78, 5) is 0. The van der Waals surface area contributed by atoms with Gasteiger partial charge in [0, 0.05) is 5.56 Å². The van der Waals surface area contributed by atoms with Gasteiger partial charge in [-0.3, -0.25) is 0 Å². The fraction of sp³-hybridized carbons (Fsp3) is 0.407. The Morgan fingerprint density at radius 3 is 2.13 bits per heavy atom. The average Bonchev–Trinajstić information content (AvgIpc) is 3.18. The Balaban J connectivity index is 2.25. The van der Waals surface area contributed by atoms with E-state index in [0.717, 1.165) is 12.2 Å². The first kappa shape index (κ1) is 22.8. The number of benzene rings is 2. The van der Waals surface area contributed by atoms with Gasteiger partial charge in [0.2, 0.25) is 0 Å². The minimum Gasteiger partial charge on any atom is -0.496 e. The maximum atomic E-state index is 6.12.